The molecule has 8 nitrogen and oxygen atoms in total. The van der Waals surface area contributed by atoms with Gasteiger partial charge in [-0.1, -0.05) is 99.1 Å². The van der Waals surface area contributed by atoms with Crippen LogP contribution in [0, 0.1) is 5.92 Å². The first-order valence-electron chi connectivity index (χ1n) is 13.6. The second-order valence-corrected chi connectivity index (χ2v) is 10.2. The summed E-state index contributed by atoms with van der Waals surface area (Å²) in [6, 6.07) is 23.2. The lowest BCUT2D eigenvalue weighted by Gasteiger charge is -2.27. The molecule has 8 heteroatoms. The monoisotopic (exact) mass is 544 g/mol. The van der Waals surface area contributed by atoms with Crippen molar-refractivity contribution in [2.24, 2.45) is 5.92 Å². The standard InChI is InChI=1S/C32H36N2O6/c1-4-20(2)28(30(35)33-29(31(36)37)21(3)39-18-22-12-6-5-7-13-22)34-32(38)40-19-27-25-16-10-8-14-23(25)24-15-9-11-17-26(24)27/h5-17,20-21,27-29H,4,18-19H2,1-3H3,(H,33,35)(H,34,38)(H,36,37)/t20?,21-,28?,29+/m0/s1. The van der Waals surface area contributed by atoms with E-state index in [2.05, 4.69) is 22.8 Å². The Bertz CT molecular complexity index is 1280. The fourth-order valence-electron chi connectivity index (χ4n) is 4.99. The Balaban J connectivity index is 1.39. The van der Waals surface area contributed by atoms with Gasteiger partial charge in [-0.05, 0) is 40.7 Å². The number of rotatable bonds is 12. The number of aliphatic carboxylic acids is 1. The molecule has 0 bridgehead atoms. The van der Waals surface area contributed by atoms with Crippen LogP contribution in [0.3, 0.4) is 0 Å². The SMILES string of the molecule is CCC(C)C(NC(=O)OCC1c2ccccc2-c2ccccc21)C(=O)N[C@@H](C(=O)O)[C@H](C)OCc1ccccc1. The Morgan fingerprint density at radius 3 is 1.98 bits per heavy atom. The average Bonchev–Trinajstić information content (AvgIpc) is 3.29. The van der Waals surface area contributed by atoms with E-state index in [0.29, 0.717) is 6.42 Å². The maximum Gasteiger partial charge on any atom is 0.407 e. The summed E-state index contributed by atoms with van der Waals surface area (Å²) in [5, 5.41) is 15.0. The molecule has 1 aliphatic rings. The maximum absolute atomic E-state index is 13.3. The van der Waals surface area contributed by atoms with E-state index in [1.54, 1.807) is 6.92 Å². The van der Waals surface area contributed by atoms with Crippen LogP contribution in [0.15, 0.2) is 78.9 Å². The first kappa shape index (κ1) is 28.8. The number of carboxylic acids is 1. The number of hydrogen-bond acceptors (Lipinski definition) is 5. The molecule has 40 heavy (non-hydrogen) atoms. The Morgan fingerprint density at radius 2 is 1.40 bits per heavy atom. The summed E-state index contributed by atoms with van der Waals surface area (Å²) in [5.41, 5.74) is 5.29. The van der Waals surface area contributed by atoms with Gasteiger partial charge in [-0.2, -0.15) is 0 Å². The predicted octanol–water partition coefficient (Wildman–Crippen LogP) is 5.11. The number of benzene rings is 3. The van der Waals surface area contributed by atoms with Crippen molar-refractivity contribution in [2.45, 2.75) is 57.9 Å². The fraction of sp³-hybridized carbons (Fsp3) is 0.344. The van der Waals surface area contributed by atoms with Gasteiger partial charge in [0.15, 0.2) is 6.04 Å². The Kier molecular flexibility index (Phi) is 9.56. The Morgan fingerprint density at radius 1 is 0.825 bits per heavy atom. The molecule has 2 amide bonds. The number of carbonyl (C=O) groups excluding carboxylic acids is 2. The fourth-order valence-corrected chi connectivity index (χ4v) is 4.99. The molecule has 0 saturated heterocycles. The van der Waals surface area contributed by atoms with E-state index < -0.39 is 36.2 Å². The van der Waals surface area contributed by atoms with E-state index in [1.807, 2.05) is 80.6 Å². The third-order valence-electron chi connectivity index (χ3n) is 7.50. The van der Waals surface area contributed by atoms with E-state index in [4.69, 9.17) is 9.47 Å². The summed E-state index contributed by atoms with van der Waals surface area (Å²) in [7, 11) is 0. The quantitative estimate of drug-likeness (QED) is 0.292. The smallest absolute Gasteiger partial charge is 0.407 e. The Hall–Kier alpha value is -4.17. The van der Waals surface area contributed by atoms with E-state index in [-0.39, 0.29) is 25.0 Å². The second-order valence-electron chi connectivity index (χ2n) is 10.2. The normalized spacial score (nSPS) is 15.2. The molecular formula is C32H36N2O6. The largest absolute Gasteiger partial charge is 0.480 e. The van der Waals surface area contributed by atoms with Gasteiger partial charge in [-0.15, -0.1) is 0 Å². The van der Waals surface area contributed by atoms with Crippen LogP contribution in [0.4, 0.5) is 4.79 Å². The van der Waals surface area contributed by atoms with Crippen LogP contribution in [-0.2, 0) is 25.7 Å². The van der Waals surface area contributed by atoms with Crippen LogP contribution < -0.4 is 10.6 Å². The summed E-state index contributed by atoms with van der Waals surface area (Å²) in [4.78, 5) is 38.2. The van der Waals surface area contributed by atoms with Crippen molar-refractivity contribution in [3.8, 4) is 11.1 Å². The second kappa shape index (κ2) is 13.3. The zero-order valence-electron chi connectivity index (χ0n) is 23.0. The van der Waals surface area contributed by atoms with Crippen LogP contribution in [0.25, 0.3) is 11.1 Å². The lowest BCUT2D eigenvalue weighted by Crippen LogP contribution is -2.57. The van der Waals surface area contributed by atoms with E-state index in [9.17, 15) is 19.5 Å². The molecule has 4 rings (SSSR count). The molecule has 3 aromatic rings. The molecule has 0 aromatic heterocycles. The number of amides is 2. The summed E-state index contributed by atoms with van der Waals surface area (Å²) in [6.07, 6.45) is -0.962. The van der Waals surface area contributed by atoms with Crippen LogP contribution in [-0.4, -0.2) is 47.9 Å². The van der Waals surface area contributed by atoms with Gasteiger partial charge in [-0.25, -0.2) is 9.59 Å². The predicted molar refractivity (Wildman–Crippen MR) is 152 cm³/mol. The summed E-state index contributed by atoms with van der Waals surface area (Å²) in [6.45, 7) is 5.62. The highest BCUT2D eigenvalue weighted by Gasteiger charge is 2.34. The highest BCUT2D eigenvalue weighted by atomic mass is 16.5. The molecular weight excluding hydrogens is 508 g/mol. The van der Waals surface area contributed by atoms with Gasteiger partial charge < -0.3 is 25.2 Å². The van der Waals surface area contributed by atoms with E-state index in [0.717, 1.165) is 27.8 Å². The molecule has 0 saturated carbocycles. The van der Waals surface area contributed by atoms with Crippen molar-refractivity contribution < 1.29 is 29.0 Å². The third kappa shape index (κ3) is 6.69. The first-order chi connectivity index (χ1) is 19.3. The molecule has 210 valence electrons. The van der Waals surface area contributed by atoms with Gasteiger partial charge in [0.05, 0.1) is 12.7 Å². The molecule has 3 N–H and O–H groups in total. The topological polar surface area (TPSA) is 114 Å². The molecule has 0 fully saturated rings. The zero-order valence-corrected chi connectivity index (χ0v) is 23.0. The van der Waals surface area contributed by atoms with Crippen LogP contribution in [0.2, 0.25) is 0 Å². The zero-order chi connectivity index (χ0) is 28.6. The number of fused-ring (bicyclic) bond motifs is 3. The van der Waals surface area contributed by atoms with Gasteiger partial charge in [0, 0.05) is 5.92 Å². The summed E-state index contributed by atoms with van der Waals surface area (Å²) >= 11 is 0. The van der Waals surface area contributed by atoms with Crippen molar-refractivity contribution in [1.29, 1.82) is 0 Å². The minimum absolute atomic E-state index is 0.108. The van der Waals surface area contributed by atoms with Crippen molar-refractivity contribution in [1.82, 2.24) is 10.6 Å². The van der Waals surface area contributed by atoms with Gasteiger partial charge >= 0.3 is 12.1 Å². The number of hydrogen-bond donors (Lipinski definition) is 3. The van der Waals surface area contributed by atoms with Crippen LogP contribution in [0.5, 0.6) is 0 Å². The number of alkyl carbamates (subject to hydrolysis) is 1. The minimum atomic E-state index is -1.30. The molecule has 1 aliphatic carbocycles. The number of carbonyl (C=O) groups is 3. The van der Waals surface area contributed by atoms with Gasteiger partial charge in [0.25, 0.3) is 0 Å². The van der Waals surface area contributed by atoms with Crippen molar-refractivity contribution in [2.75, 3.05) is 6.61 Å². The average molecular weight is 545 g/mol. The van der Waals surface area contributed by atoms with Crippen molar-refractivity contribution in [3.63, 3.8) is 0 Å². The minimum Gasteiger partial charge on any atom is -0.480 e. The molecule has 0 aliphatic heterocycles. The molecule has 3 aromatic carbocycles. The number of nitrogens with one attached hydrogen (secondary N) is 2. The molecule has 0 radical (unpaired) electrons. The third-order valence-corrected chi connectivity index (χ3v) is 7.50. The Labute approximate surface area is 234 Å². The van der Waals surface area contributed by atoms with Gasteiger partial charge in [0.2, 0.25) is 5.91 Å². The molecule has 4 atom stereocenters. The number of ether oxygens (including phenoxy) is 2. The highest BCUT2D eigenvalue weighted by molar-refractivity contribution is 5.89. The maximum atomic E-state index is 13.3. The first-order valence-corrected chi connectivity index (χ1v) is 13.6. The highest BCUT2D eigenvalue weighted by Crippen LogP contribution is 2.44. The van der Waals surface area contributed by atoms with Crippen LogP contribution >= 0.6 is 0 Å². The van der Waals surface area contributed by atoms with Crippen molar-refractivity contribution in [3.05, 3.63) is 95.6 Å². The van der Waals surface area contributed by atoms with E-state index in [1.165, 1.54) is 0 Å². The van der Waals surface area contributed by atoms with Crippen LogP contribution in [0.1, 0.15) is 49.8 Å². The lowest BCUT2D eigenvalue weighted by molar-refractivity contribution is -0.147. The summed E-state index contributed by atoms with van der Waals surface area (Å²) < 4.78 is 11.4. The van der Waals surface area contributed by atoms with Crippen molar-refractivity contribution >= 4 is 18.0 Å². The summed E-state index contributed by atoms with van der Waals surface area (Å²) in [5.74, 6) is -2.22. The van der Waals surface area contributed by atoms with Gasteiger partial charge in [-0.3, -0.25) is 4.79 Å². The lowest BCUT2D eigenvalue weighted by atomic mass is 9.97. The molecule has 0 heterocycles. The molecule has 2 unspecified atom stereocenters. The number of carboxylic acid groups (broad SMARTS) is 1. The molecule has 0 spiro atoms. The van der Waals surface area contributed by atoms with Gasteiger partial charge in [0.1, 0.15) is 12.6 Å². The van der Waals surface area contributed by atoms with E-state index >= 15 is 0 Å².